The van der Waals surface area contributed by atoms with Crippen LogP contribution in [0.1, 0.15) is 64.5 Å². The van der Waals surface area contributed by atoms with Crippen molar-refractivity contribution in [2.45, 2.75) is 71.0 Å². The van der Waals surface area contributed by atoms with Crippen molar-refractivity contribution in [3.63, 3.8) is 0 Å². The summed E-state index contributed by atoms with van der Waals surface area (Å²) in [4.78, 5) is 16.7. The molecule has 2 fully saturated rings. The average Bonchev–Trinajstić information content (AvgIpc) is 3.67. The molecule has 0 aromatic heterocycles. The van der Waals surface area contributed by atoms with Crippen molar-refractivity contribution in [1.29, 1.82) is 0 Å². The van der Waals surface area contributed by atoms with E-state index >= 15 is 0 Å². The van der Waals surface area contributed by atoms with E-state index in [4.69, 9.17) is 23.2 Å². The average molecular weight is 580 g/mol. The van der Waals surface area contributed by atoms with Crippen LogP contribution in [0.4, 0.5) is 0 Å². The zero-order valence-electron chi connectivity index (χ0n) is 22.8. The van der Waals surface area contributed by atoms with Crippen molar-refractivity contribution in [3.8, 4) is 0 Å². The summed E-state index contributed by atoms with van der Waals surface area (Å²) in [6, 6.07) is 7.12. The molecule has 0 bridgehead atoms. The number of amides is 1. The monoisotopic (exact) mass is 578 g/mol. The van der Waals surface area contributed by atoms with E-state index in [9.17, 15) is 13.2 Å². The molecular weight excluding hydrogens is 539 g/mol. The lowest BCUT2D eigenvalue weighted by atomic mass is 9.64. The highest BCUT2D eigenvalue weighted by molar-refractivity contribution is 7.88. The van der Waals surface area contributed by atoms with E-state index in [1.165, 1.54) is 6.26 Å². The standard InChI is InChI=1S/C30H40Cl2N2O3S/c1-6-16-30(4)18-26(23-8-7-9-25(32)17-23)28(22-12-14-24(31)15-13-22)34(29(30)35)27(21-10-11-21)19-33(20(2)3)38(5,36)37/h6-7,9,12-15,17,20-21,23,26-28H,1,8,10-11,16,18-19H2,2-5H3/t23?,26-,27?,28-,30+/m1/s1. The Morgan fingerprint density at radius 3 is 2.39 bits per heavy atom. The third kappa shape index (κ3) is 6.24. The Labute approximate surface area is 238 Å². The van der Waals surface area contributed by atoms with Gasteiger partial charge in [-0.3, -0.25) is 4.79 Å². The highest BCUT2D eigenvalue weighted by Gasteiger charge is 2.54. The molecule has 2 aliphatic carbocycles. The third-order valence-electron chi connectivity index (χ3n) is 8.45. The Morgan fingerprint density at radius 2 is 1.87 bits per heavy atom. The first kappa shape index (κ1) is 29.4. The van der Waals surface area contributed by atoms with Gasteiger partial charge in [0, 0.05) is 28.7 Å². The molecule has 5 nitrogen and oxygen atoms in total. The number of benzene rings is 1. The van der Waals surface area contributed by atoms with E-state index in [0.29, 0.717) is 22.9 Å². The molecular formula is C30H40Cl2N2O3S. The summed E-state index contributed by atoms with van der Waals surface area (Å²) in [5.74, 6) is 0.561. The van der Waals surface area contributed by atoms with E-state index in [2.05, 4.69) is 23.6 Å². The topological polar surface area (TPSA) is 57.7 Å². The maximum atomic E-state index is 14.6. The van der Waals surface area contributed by atoms with Gasteiger partial charge in [0.05, 0.1) is 17.7 Å². The molecule has 1 saturated carbocycles. The van der Waals surface area contributed by atoms with Gasteiger partial charge in [-0.05, 0) is 87.5 Å². The fourth-order valence-electron chi connectivity index (χ4n) is 6.49. The van der Waals surface area contributed by atoms with E-state index in [0.717, 1.165) is 24.8 Å². The number of halogens is 2. The molecule has 0 spiro atoms. The molecule has 38 heavy (non-hydrogen) atoms. The molecule has 4 rings (SSSR count). The summed E-state index contributed by atoms with van der Waals surface area (Å²) >= 11 is 12.8. The second kappa shape index (κ2) is 11.5. The number of carbonyl (C=O) groups excluding carboxylic acids is 1. The number of piperidine rings is 1. The van der Waals surface area contributed by atoms with Crippen LogP contribution in [0, 0.1) is 23.2 Å². The number of sulfonamides is 1. The quantitative estimate of drug-likeness (QED) is 0.282. The Balaban J connectivity index is 1.88. The molecule has 5 atom stereocenters. The van der Waals surface area contributed by atoms with Gasteiger partial charge in [-0.25, -0.2) is 8.42 Å². The molecule has 1 aliphatic heterocycles. The minimum Gasteiger partial charge on any atom is -0.330 e. The second-order valence-corrected chi connectivity index (χ2v) is 14.6. The van der Waals surface area contributed by atoms with Crippen LogP contribution >= 0.6 is 23.2 Å². The van der Waals surface area contributed by atoms with Gasteiger partial charge in [-0.2, -0.15) is 4.31 Å². The zero-order chi connectivity index (χ0) is 27.8. The van der Waals surface area contributed by atoms with Crippen LogP contribution in [0.3, 0.4) is 0 Å². The van der Waals surface area contributed by atoms with Crippen LogP contribution in [0.15, 0.2) is 60.2 Å². The Morgan fingerprint density at radius 1 is 1.21 bits per heavy atom. The highest BCUT2D eigenvalue weighted by atomic mass is 35.5. The molecule has 1 saturated heterocycles. The minimum absolute atomic E-state index is 0.0733. The largest absolute Gasteiger partial charge is 0.330 e. The number of rotatable bonds is 10. The number of hydrogen-bond donors (Lipinski definition) is 0. The van der Waals surface area contributed by atoms with Gasteiger partial charge in [-0.1, -0.05) is 60.5 Å². The Kier molecular flexibility index (Phi) is 8.88. The fourth-order valence-corrected chi connectivity index (χ4v) is 8.05. The van der Waals surface area contributed by atoms with Crippen LogP contribution in [0.2, 0.25) is 5.02 Å². The molecule has 1 heterocycles. The minimum atomic E-state index is -3.46. The lowest BCUT2D eigenvalue weighted by Gasteiger charge is -2.54. The summed E-state index contributed by atoms with van der Waals surface area (Å²) in [6.45, 7) is 10.1. The van der Waals surface area contributed by atoms with Crippen LogP contribution in [-0.2, 0) is 14.8 Å². The second-order valence-electron chi connectivity index (χ2n) is 11.8. The molecule has 1 aromatic carbocycles. The summed E-state index contributed by atoms with van der Waals surface area (Å²) in [6.07, 6.45) is 13.3. The van der Waals surface area contributed by atoms with Gasteiger partial charge >= 0.3 is 0 Å². The number of likely N-dealkylation sites (tertiary alicyclic amines) is 1. The predicted molar refractivity (Wildman–Crippen MR) is 156 cm³/mol. The summed E-state index contributed by atoms with van der Waals surface area (Å²) in [7, 11) is -3.46. The number of allylic oxidation sites excluding steroid dienone is 5. The zero-order valence-corrected chi connectivity index (χ0v) is 25.1. The van der Waals surface area contributed by atoms with Crippen LogP contribution in [-0.4, -0.2) is 48.4 Å². The van der Waals surface area contributed by atoms with Crippen LogP contribution in [0.5, 0.6) is 0 Å². The van der Waals surface area contributed by atoms with Gasteiger partial charge in [0.1, 0.15) is 0 Å². The van der Waals surface area contributed by atoms with Crippen molar-refractivity contribution in [2.24, 2.45) is 23.2 Å². The molecule has 1 aromatic rings. The van der Waals surface area contributed by atoms with Crippen LogP contribution in [0.25, 0.3) is 0 Å². The van der Waals surface area contributed by atoms with Crippen molar-refractivity contribution >= 4 is 39.1 Å². The van der Waals surface area contributed by atoms with Crippen molar-refractivity contribution in [2.75, 3.05) is 12.8 Å². The summed E-state index contributed by atoms with van der Waals surface area (Å²) in [5, 5.41) is 1.35. The number of hydrogen-bond acceptors (Lipinski definition) is 3. The SMILES string of the molecule is C=CC[C@@]1(C)C[C@H](C2C=C(Cl)C=CC2)[C@@H](c2ccc(Cl)cc2)N(C(CN(C(C)C)S(C)(=O)=O)C2CC2)C1=O. The van der Waals surface area contributed by atoms with Gasteiger partial charge in [-0.15, -0.1) is 6.58 Å². The van der Waals surface area contributed by atoms with Crippen molar-refractivity contribution < 1.29 is 13.2 Å². The normalized spacial score (nSPS) is 29.1. The van der Waals surface area contributed by atoms with Gasteiger partial charge in [0.25, 0.3) is 0 Å². The fraction of sp³-hybridized carbons (Fsp3) is 0.567. The van der Waals surface area contributed by atoms with Crippen molar-refractivity contribution in [1.82, 2.24) is 9.21 Å². The van der Waals surface area contributed by atoms with E-state index < -0.39 is 15.4 Å². The summed E-state index contributed by atoms with van der Waals surface area (Å²) in [5.41, 5.74) is 0.381. The molecule has 8 heteroatoms. The van der Waals surface area contributed by atoms with Gasteiger partial charge in [0.15, 0.2) is 0 Å². The smallest absolute Gasteiger partial charge is 0.229 e. The number of nitrogens with zero attached hydrogens (tertiary/aromatic N) is 2. The van der Waals surface area contributed by atoms with Gasteiger partial charge in [0.2, 0.25) is 15.9 Å². The van der Waals surface area contributed by atoms with E-state index in [1.807, 2.05) is 57.2 Å². The molecule has 3 aliphatic rings. The molecule has 2 unspecified atom stereocenters. The van der Waals surface area contributed by atoms with Gasteiger partial charge < -0.3 is 4.90 Å². The predicted octanol–water partition coefficient (Wildman–Crippen LogP) is 6.96. The lowest BCUT2D eigenvalue weighted by molar-refractivity contribution is -0.160. The van der Waals surface area contributed by atoms with E-state index in [-0.39, 0.29) is 48.3 Å². The third-order valence-corrected chi connectivity index (χ3v) is 10.4. The number of carbonyl (C=O) groups is 1. The molecule has 0 N–H and O–H groups in total. The lowest BCUT2D eigenvalue weighted by Crippen LogP contribution is -2.60. The Bertz CT molecular complexity index is 1210. The molecule has 208 valence electrons. The van der Waals surface area contributed by atoms with E-state index in [1.54, 1.807) is 4.31 Å². The molecule has 0 radical (unpaired) electrons. The summed E-state index contributed by atoms with van der Waals surface area (Å²) < 4.78 is 27.2. The first-order valence-electron chi connectivity index (χ1n) is 13.6. The Hall–Kier alpha value is -1.60. The maximum Gasteiger partial charge on any atom is 0.229 e. The highest BCUT2D eigenvalue weighted by Crippen LogP contribution is 2.54. The maximum absolute atomic E-state index is 14.6. The first-order chi connectivity index (χ1) is 17.9. The van der Waals surface area contributed by atoms with Crippen LogP contribution < -0.4 is 0 Å². The molecule has 1 amide bonds. The first-order valence-corrected chi connectivity index (χ1v) is 16.2. The van der Waals surface area contributed by atoms with Crippen molar-refractivity contribution in [3.05, 3.63) is 70.8 Å².